The number of aryl methyl sites for hydroxylation is 1. The maximum absolute atomic E-state index is 12.5. The first kappa shape index (κ1) is 22.1. The molecule has 160 valence electrons. The largest absolute Gasteiger partial charge is 0.399 e. The van der Waals surface area contributed by atoms with E-state index in [1.165, 1.54) is 5.56 Å². The maximum atomic E-state index is 12.5. The molecule has 6 N–H and O–H groups in total. The third-order valence-corrected chi connectivity index (χ3v) is 4.89. The number of anilines is 2. The van der Waals surface area contributed by atoms with E-state index >= 15 is 0 Å². The molecule has 0 aliphatic carbocycles. The molecule has 0 aromatic heterocycles. The average Bonchev–Trinajstić information content (AvgIpc) is 2.77. The number of nitrogens with two attached hydrogens (primary N) is 2. The van der Waals surface area contributed by atoms with Crippen LogP contribution in [0.15, 0.2) is 78.9 Å². The van der Waals surface area contributed by atoms with Crippen molar-refractivity contribution in [3.8, 4) is 0 Å². The second-order valence-corrected chi connectivity index (χ2v) is 7.47. The summed E-state index contributed by atoms with van der Waals surface area (Å²) in [4.78, 5) is 25.0. The van der Waals surface area contributed by atoms with Gasteiger partial charge in [-0.3, -0.25) is 9.59 Å². The third-order valence-electron chi connectivity index (χ3n) is 4.89. The van der Waals surface area contributed by atoms with Crippen molar-refractivity contribution in [3.63, 3.8) is 0 Å². The van der Waals surface area contributed by atoms with Crippen LogP contribution in [0.3, 0.4) is 0 Å². The van der Waals surface area contributed by atoms with Crippen LogP contribution in [-0.4, -0.2) is 24.4 Å². The van der Waals surface area contributed by atoms with Crippen molar-refractivity contribution < 1.29 is 9.59 Å². The van der Waals surface area contributed by atoms with Gasteiger partial charge < -0.3 is 22.1 Å². The molecule has 3 rings (SSSR count). The van der Waals surface area contributed by atoms with Crippen molar-refractivity contribution >= 4 is 23.2 Å². The van der Waals surface area contributed by atoms with Crippen molar-refractivity contribution in [2.24, 2.45) is 5.73 Å². The Morgan fingerprint density at radius 3 is 2.19 bits per heavy atom. The minimum absolute atomic E-state index is 0.232. The minimum atomic E-state index is -0.709. The van der Waals surface area contributed by atoms with Gasteiger partial charge in [-0.25, -0.2) is 0 Å². The van der Waals surface area contributed by atoms with E-state index in [1.807, 2.05) is 48.5 Å². The fraction of sp³-hybridized carbons (Fsp3) is 0.200. The second kappa shape index (κ2) is 10.9. The molecule has 0 aliphatic heterocycles. The summed E-state index contributed by atoms with van der Waals surface area (Å²) < 4.78 is 0. The fourth-order valence-electron chi connectivity index (χ4n) is 3.29. The number of nitrogen functional groups attached to an aromatic ring is 1. The zero-order valence-electron chi connectivity index (χ0n) is 17.4. The van der Waals surface area contributed by atoms with Gasteiger partial charge in [-0.15, -0.1) is 0 Å². The normalized spacial score (nSPS) is 11.5. The first-order valence-corrected chi connectivity index (χ1v) is 10.3. The summed E-state index contributed by atoms with van der Waals surface area (Å²) in [5.74, 6) is -0.562. The van der Waals surface area contributed by atoms with Crippen LogP contribution in [0.2, 0.25) is 0 Å². The van der Waals surface area contributed by atoms with Crippen molar-refractivity contribution in [3.05, 3.63) is 95.6 Å². The number of nitrogens with one attached hydrogen (secondary N) is 2. The summed E-state index contributed by atoms with van der Waals surface area (Å²) in [6.07, 6.45) is 2.14. The quantitative estimate of drug-likeness (QED) is 0.317. The maximum Gasteiger partial charge on any atom is 0.251 e. The smallest absolute Gasteiger partial charge is 0.251 e. The van der Waals surface area contributed by atoms with E-state index in [0.717, 1.165) is 18.4 Å². The van der Waals surface area contributed by atoms with Gasteiger partial charge in [0.2, 0.25) is 5.91 Å². The summed E-state index contributed by atoms with van der Waals surface area (Å²) in [5.41, 5.74) is 15.4. The van der Waals surface area contributed by atoms with Gasteiger partial charge in [0.05, 0.1) is 6.04 Å². The van der Waals surface area contributed by atoms with Crippen molar-refractivity contribution in [1.29, 1.82) is 0 Å². The van der Waals surface area contributed by atoms with Crippen LogP contribution < -0.4 is 22.1 Å². The Balaban J connectivity index is 1.53. The molecule has 0 radical (unpaired) electrons. The van der Waals surface area contributed by atoms with Crippen LogP contribution in [-0.2, 0) is 17.6 Å². The van der Waals surface area contributed by atoms with Crippen molar-refractivity contribution in [2.45, 2.75) is 25.3 Å². The molecule has 3 aromatic rings. The number of carbonyl (C=O) groups excluding carboxylic acids is 2. The summed E-state index contributed by atoms with van der Waals surface area (Å²) in [6.45, 7) is 0.548. The Labute approximate surface area is 182 Å². The van der Waals surface area contributed by atoms with E-state index in [0.29, 0.717) is 29.9 Å². The summed E-state index contributed by atoms with van der Waals surface area (Å²) in [7, 11) is 0. The molecule has 0 saturated carbocycles. The van der Waals surface area contributed by atoms with Gasteiger partial charge in [0, 0.05) is 23.5 Å². The summed E-state index contributed by atoms with van der Waals surface area (Å²) in [5, 5.41) is 5.66. The van der Waals surface area contributed by atoms with Gasteiger partial charge in [0.25, 0.3) is 5.91 Å². The molecule has 3 aromatic carbocycles. The van der Waals surface area contributed by atoms with E-state index in [2.05, 4.69) is 22.8 Å². The molecule has 0 spiro atoms. The topological polar surface area (TPSA) is 110 Å². The number of benzene rings is 3. The van der Waals surface area contributed by atoms with Crippen LogP contribution in [0.4, 0.5) is 11.4 Å². The Hall–Kier alpha value is -3.64. The molecule has 0 unspecified atom stereocenters. The van der Waals surface area contributed by atoms with E-state index in [9.17, 15) is 9.59 Å². The number of amides is 2. The predicted octanol–water partition coefficient (Wildman–Crippen LogP) is 3.14. The van der Waals surface area contributed by atoms with Gasteiger partial charge in [0.1, 0.15) is 0 Å². The van der Waals surface area contributed by atoms with Crippen LogP contribution in [0.5, 0.6) is 0 Å². The van der Waals surface area contributed by atoms with Crippen molar-refractivity contribution in [2.75, 3.05) is 17.6 Å². The molecule has 2 amide bonds. The average molecular weight is 417 g/mol. The summed E-state index contributed by atoms with van der Waals surface area (Å²) in [6, 6.07) is 23.8. The molecule has 0 bridgehead atoms. The van der Waals surface area contributed by atoms with Crippen LogP contribution in [0.25, 0.3) is 0 Å². The van der Waals surface area contributed by atoms with Gasteiger partial charge in [-0.05, 0) is 48.6 Å². The lowest BCUT2D eigenvalue weighted by Crippen LogP contribution is -2.37. The third kappa shape index (κ3) is 6.97. The molecule has 0 fully saturated rings. The van der Waals surface area contributed by atoms with Crippen LogP contribution >= 0.6 is 0 Å². The lowest BCUT2D eigenvalue weighted by Gasteiger charge is -2.14. The highest BCUT2D eigenvalue weighted by Gasteiger charge is 2.16. The molecule has 6 heteroatoms. The zero-order chi connectivity index (χ0) is 22.1. The van der Waals surface area contributed by atoms with E-state index < -0.39 is 6.04 Å². The minimum Gasteiger partial charge on any atom is -0.399 e. The number of hydrogen-bond donors (Lipinski definition) is 4. The number of rotatable bonds is 9. The van der Waals surface area contributed by atoms with Crippen molar-refractivity contribution in [1.82, 2.24) is 5.32 Å². The Kier molecular flexibility index (Phi) is 7.79. The van der Waals surface area contributed by atoms with E-state index in [4.69, 9.17) is 11.5 Å². The molecule has 0 saturated heterocycles. The second-order valence-electron chi connectivity index (χ2n) is 7.47. The van der Waals surface area contributed by atoms with Gasteiger partial charge in [0.15, 0.2) is 0 Å². The molecule has 0 heterocycles. The highest BCUT2D eigenvalue weighted by atomic mass is 16.2. The lowest BCUT2D eigenvalue weighted by atomic mass is 10.1. The molecular formula is C25H28N4O2. The molecule has 0 aliphatic rings. The van der Waals surface area contributed by atoms with Gasteiger partial charge >= 0.3 is 0 Å². The van der Waals surface area contributed by atoms with Gasteiger partial charge in [-0.2, -0.15) is 0 Å². The number of carbonyl (C=O) groups is 2. The van der Waals surface area contributed by atoms with Gasteiger partial charge in [-0.1, -0.05) is 60.7 Å². The SMILES string of the molecule is Nc1cc(NC(=O)[C@@H](N)Cc2ccccc2)cc(C(=O)NCCCc2ccccc2)c1. The molecule has 31 heavy (non-hydrogen) atoms. The van der Waals surface area contributed by atoms with Crippen LogP contribution in [0, 0.1) is 0 Å². The molecule has 6 nitrogen and oxygen atoms in total. The van der Waals surface area contributed by atoms with E-state index in [-0.39, 0.29) is 11.8 Å². The first-order valence-electron chi connectivity index (χ1n) is 10.3. The Morgan fingerprint density at radius 1 is 0.871 bits per heavy atom. The standard InChI is InChI=1S/C25H28N4O2/c26-21-15-20(24(30)28-13-7-12-18-8-3-1-4-9-18)16-22(17-21)29-25(31)23(27)14-19-10-5-2-6-11-19/h1-6,8-11,15-17,23H,7,12-14,26-27H2,(H,28,30)(H,29,31)/t23-/m0/s1. The Morgan fingerprint density at radius 2 is 1.52 bits per heavy atom. The van der Waals surface area contributed by atoms with E-state index in [1.54, 1.807) is 18.2 Å². The first-order chi connectivity index (χ1) is 15.0. The molecular weight excluding hydrogens is 388 g/mol. The zero-order valence-corrected chi connectivity index (χ0v) is 17.4. The highest BCUT2D eigenvalue weighted by Crippen LogP contribution is 2.17. The lowest BCUT2D eigenvalue weighted by molar-refractivity contribution is -0.117. The monoisotopic (exact) mass is 416 g/mol. The number of hydrogen-bond acceptors (Lipinski definition) is 4. The van der Waals surface area contributed by atoms with Crippen LogP contribution in [0.1, 0.15) is 27.9 Å². The predicted molar refractivity (Wildman–Crippen MR) is 125 cm³/mol. The molecule has 1 atom stereocenters. The Bertz CT molecular complexity index is 1010. The summed E-state index contributed by atoms with van der Waals surface area (Å²) >= 11 is 0. The fourth-order valence-corrected chi connectivity index (χ4v) is 3.29. The highest BCUT2D eigenvalue weighted by molar-refractivity contribution is 5.99.